The third kappa shape index (κ3) is 5.36. The first-order valence-corrected chi connectivity index (χ1v) is 10.9. The number of benzene rings is 2. The van der Waals surface area contributed by atoms with Crippen molar-refractivity contribution in [2.75, 3.05) is 11.9 Å². The summed E-state index contributed by atoms with van der Waals surface area (Å²) in [5, 5.41) is 6.70. The van der Waals surface area contributed by atoms with Gasteiger partial charge in [0.05, 0.1) is 9.88 Å². The van der Waals surface area contributed by atoms with Gasteiger partial charge in [-0.3, -0.25) is 9.59 Å². The van der Waals surface area contributed by atoms with Crippen molar-refractivity contribution in [3.05, 3.63) is 88.3 Å². The van der Waals surface area contributed by atoms with E-state index >= 15 is 0 Å². The molecule has 0 unspecified atom stereocenters. The Kier molecular flexibility index (Phi) is 6.73. The van der Waals surface area contributed by atoms with Crippen molar-refractivity contribution in [1.82, 2.24) is 5.32 Å². The van der Waals surface area contributed by atoms with E-state index in [9.17, 15) is 9.59 Å². The van der Waals surface area contributed by atoms with E-state index in [-0.39, 0.29) is 17.7 Å². The molecule has 2 N–H and O–H groups in total. The highest BCUT2D eigenvalue weighted by atomic mass is 32.1. The van der Waals surface area contributed by atoms with Crippen molar-refractivity contribution in [3.63, 3.8) is 0 Å². The number of carbonyl (C=O) groups excluding carboxylic acids is 2. The molecule has 1 aromatic heterocycles. The van der Waals surface area contributed by atoms with Crippen LogP contribution in [-0.2, 0) is 4.79 Å². The molecule has 3 rings (SSSR count). The molecule has 0 bridgehead atoms. The number of hydrogen-bond donors (Lipinski definition) is 2. The van der Waals surface area contributed by atoms with Crippen molar-refractivity contribution in [1.29, 1.82) is 0 Å². The predicted octanol–water partition coefficient (Wildman–Crippen LogP) is 5.60. The van der Waals surface area contributed by atoms with Crippen LogP contribution in [0.2, 0.25) is 0 Å². The Hall–Kier alpha value is -2.92. The lowest BCUT2D eigenvalue weighted by molar-refractivity contribution is -0.123. The maximum absolute atomic E-state index is 12.9. The predicted molar refractivity (Wildman–Crippen MR) is 124 cm³/mol. The van der Waals surface area contributed by atoms with Crippen LogP contribution in [0.5, 0.6) is 0 Å². The first kappa shape index (κ1) is 21.8. The molecule has 2 amide bonds. The molecule has 3 aromatic rings. The Morgan fingerprint density at radius 3 is 1.97 bits per heavy atom. The molecule has 0 atom stereocenters. The van der Waals surface area contributed by atoms with E-state index in [1.54, 1.807) is 0 Å². The van der Waals surface area contributed by atoms with Crippen LogP contribution in [0, 0.1) is 12.3 Å². The average Bonchev–Trinajstić information content (AvgIpc) is 3.09. The van der Waals surface area contributed by atoms with Crippen LogP contribution in [0.3, 0.4) is 0 Å². The lowest BCUT2D eigenvalue weighted by atomic mass is 9.91. The van der Waals surface area contributed by atoms with E-state index in [1.807, 2.05) is 70.2 Å². The number of nitrogens with one attached hydrogen (secondary N) is 2. The fourth-order valence-electron chi connectivity index (χ4n) is 3.14. The Bertz CT molecular complexity index is 965. The molecule has 2 aromatic carbocycles. The van der Waals surface area contributed by atoms with Gasteiger partial charge < -0.3 is 10.6 Å². The fourth-order valence-corrected chi connectivity index (χ4v) is 4.13. The zero-order valence-electron chi connectivity index (χ0n) is 17.9. The number of rotatable bonds is 6. The molecule has 4 nitrogen and oxygen atoms in total. The van der Waals surface area contributed by atoms with Crippen LogP contribution >= 0.6 is 11.3 Å². The van der Waals surface area contributed by atoms with Crippen LogP contribution in [-0.4, -0.2) is 18.4 Å². The Balaban J connectivity index is 1.74. The molecule has 0 fully saturated rings. The number of aryl methyl sites for hydroxylation is 1. The van der Waals surface area contributed by atoms with Gasteiger partial charge in [0.1, 0.15) is 0 Å². The number of thiophene rings is 1. The summed E-state index contributed by atoms with van der Waals surface area (Å²) in [5.74, 6) is -0.119. The maximum atomic E-state index is 12.9. The second-order valence-corrected chi connectivity index (χ2v) is 9.46. The Morgan fingerprint density at radius 2 is 1.47 bits per heavy atom. The zero-order chi connectivity index (χ0) is 21.7. The van der Waals surface area contributed by atoms with Gasteiger partial charge in [0, 0.05) is 17.9 Å². The topological polar surface area (TPSA) is 58.2 Å². The molecular weight excluding hydrogens is 392 g/mol. The van der Waals surface area contributed by atoms with E-state index in [4.69, 9.17) is 0 Å². The second kappa shape index (κ2) is 9.26. The maximum Gasteiger partial charge on any atom is 0.261 e. The minimum Gasteiger partial charge on any atom is -0.350 e. The van der Waals surface area contributed by atoms with E-state index in [0.29, 0.717) is 16.4 Å². The standard InChI is InChI=1S/C25H28N2O2S/c1-17-15-21(27-24(29)25(2,3)4)30-22(17)23(28)26-16-20(18-11-7-5-8-12-18)19-13-9-6-10-14-19/h5-15,20H,16H2,1-4H3,(H,26,28)(H,27,29). The molecule has 0 aliphatic carbocycles. The Morgan fingerprint density at radius 1 is 0.933 bits per heavy atom. The molecule has 5 heteroatoms. The van der Waals surface area contributed by atoms with Gasteiger partial charge >= 0.3 is 0 Å². The third-order valence-corrected chi connectivity index (χ3v) is 6.06. The fraction of sp³-hybridized carbons (Fsp3) is 0.280. The molecule has 0 saturated carbocycles. The van der Waals surface area contributed by atoms with Gasteiger partial charge in [-0.05, 0) is 29.7 Å². The van der Waals surface area contributed by atoms with Crippen molar-refractivity contribution in [3.8, 4) is 0 Å². The van der Waals surface area contributed by atoms with E-state index < -0.39 is 5.41 Å². The summed E-state index contributed by atoms with van der Waals surface area (Å²) in [7, 11) is 0. The highest BCUT2D eigenvalue weighted by Crippen LogP contribution is 2.29. The number of anilines is 1. The van der Waals surface area contributed by atoms with Gasteiger partial charge in [-0.1, -0.05) is 81.4 Å². The molecule has 1 heterocycles. The molecule has 0 saturated heterocycles. The quantitative estimate of drug-likeness (QED) is 0.545. The summed E-state index contributed by atoms with van der Waals surface area (Å²) < 4.78 is 0. The van der Waals surface area contributed by atoms with Crippen LogP contribution < -0.4 is 10.6 Å². The van der Waals surface area contributed by atoms with Crippen LogP contribution in [0.25, 0.3) is 0 Å². The number of amides is 2. The minimum absolute atomic E-state index is 0.0658. The molecule has 156 valence electrons. The van der Waals surface area contributed by atoms with Gasteiger partial charge in [-0.2, -0.15) is 0 Å². The van der Waals surface area contributed by atoms with Crippen LogP contribution in [0.4, 0.5) is 5.00 Å². The van der Waals surface area contributed by atoms with Crippen molar-refractivity contribution in [2.45, 2.75) is 33.6 Å². The molecule has 0 radical (unpaired) electrons. The monoisotopic (exact) mass is 420 g/mol. The molecule has 0 aliphatic heterocycles. The second-order valence-electron chi connectivity index (χ2n) is 8.41. The van der Waals surface area contributed by atoms with Gasteiger partial charge in [0.25, 0.3) is 5.91 Å². The summed E-state index contributed by atoms with van der Waals surface area (Å²) in [5.41, 5.74) is 2.69. The molecular formula is C25H28N2O2S. The molecule has 0 spiro atoms. The van der Waals surface area contributed by atoms with Crippen molar-refractivity contribution >= 4 is 28.2 Å². The minimum atomic E-state index is -0.487. The third-order valence-electron chi connectivity index (χ3n) is 4.91. The lowest BCUT2D eigenvalue weighted by Gasteiger charge is -2.19. The summed E-state index contributed by atoms with van der Waals surface area (Å²) in [4.78, 5) is 25.8. The summed E-state index contributed by atoms with van der Waals surface area (Å²) in [6.07, 6.45) is 0. The number of hydrogen-bond acceptors (Lipinski definition) is 3. The highest BCUT2D eigenvalue weighted by Gasteiger charge is 2.23. The van der Waals surface area contributed by atoms with Gasteiger partial charge in [-0.25, -0.2) is 0 Å². The Labute approximate surface area is 182 Å². The SMILES string of the molecule is Cc1cc(NC(=O)C(C)(C)C)sc1C(=O)NCC(c1ccccc1)c1ccccc1. The summed E-state index contributed by atoms with van der Waals surface area (Å²) in [6, 6.07) is 22.2. The number of carbonyl (C=O) groups is 2. The molecule has 0 aliphatic rings. The van der Waals surface area contributed by atoms with Gasteiger partial charge in [-0.15, -0.1) is 11.3 Å². The summed E-state index contributed by atoms with van der Waals surface area (Å²) in [6.45, 7) is 7.98. The largest absolute Gasteiger partial charge is 0.350 e. The van der Waals surface area contributed by atoms with E-state index in [2.05, 4.69) is 34.9 Å². The van der Waals surface area contributed by atoms with Crippen LogP contribution in [0.15, 0.2) is 66.7 Å². The van der Waals surface area contributed by atoms with Gasteiger partial charge in [0.2, 0.25) is 5.91 Å². The first-order valence-electron chi connectivity index (χ1n) is 10.1. The van der Waals surface area contributed by atoms with Gasteiger partial charge in [0.15, 0.2) is 0 Å². The van der Waals surface area contributed by atoms with Crippen molar-refractivity contribution in [2.24, 2.45) is 5.41 Å². The van der Waals surface area contributed by atoms with Crippen molar-refractivity contribution < 1.29 is 9.59 Å². The van der Waals surface area contributed by atoms with E-state index in [0.717, 1.165) is 16.7 Å². The normalized spacial score (nSPS) is 11.4. The highest BCUT2D eigenvalue weighted by molar-refractivity contribution is 7.18. The first-order chi connectivity index (χ1) is 14.3. The van der Waals surface area contributed by atoms with Crippen LogP contribution in [0.1, 0.15) is 53.1 Å². The average molecular weight is 421 g/mol. The van der Waals surface area contributed by atoms with E-state index in [1.165, 1.54) is 11.3 Å². The lowest BCUT2D eigenvalue weighted by Crippen LogP contribution is -2.28. The molecule has 30 heavy (non-hydrogen) atoms. The summed E-state index contributed by atoms with van der Waals surface area (Å²) >= 11 is 1.31. The smallest absolute Gasteiger partial charge is 0.261 e. The zero-order valence-corrected chi connectivity index (χ0v) is 18.7.